The number of hydrazine groups is 1. The van der Waals surface area contributed by atoms with Crippen molar-refractivity contribution in [2.45, 2.75) is 39.2 Å². The number of nitrogens with one attached hydrogen (secondary N) is 1. The molecule has 0 aliphatic carbocycles. The molecule has 1 rings (SSSR count). The second kappa shape index (κ2) is 7.79. The van der Waals surface area contributed by atoms with E-state index in [0.717, 1.165) is 32.5 Å². The summed E-state index contributed by atoms with van der Waals surface area (Å²) < 4.78 is 5.34. The van der Waals surface area contributed by atoms with Crippen LogP contribution in [0.2, 0.25) is 0 Å². The molecule has 92 valence electrons. The summed E-state index contributed by atoms with van der Waals surface area (Å²) in [7, 11) is 0. The second-order valence-electron chi connectivity index (χ2n) is 3.77. The summed E-state index contributed by atoms with van der Waals surface area (Å²) in [5, 5.41) is 0. The van der Waals surface area contributed by atoms with Crippen LogP contribution in [0.4, 0.5) is 0 Å². The molecule has 0 aliphatic rings. The predicted octanol–water partition coefficient (Wildman–Crippen LogP) is 2.11. The fourth-order valence-electron chi connectivity index (χ4n) is 1.58. The highest BCUT2D eigenvalue weighted by Crippen LogP contribution is 2.19. The Morgan fingerprint density at radius 3 is 2.69 bits per heavy atom. The summed E-state index contributed by atoms with van der Waals surface area (Å²) in [6.45, 7) is 5.74. The van der Waals surface area contributed by atoms with Crippen molar-refractivity contribution in [3.05, 3.63) is 21.9 Å². The smallest absolute Gasteiger partial charge is 0.0481 e. The average molecular weight is 242 g/mol. The van der Waals surface area contributed by atoms with E-state index in [9.17, 15) is 0 Å². The van der Waals surface area contributed by atoms with Crippen LogP contribution in [0, 0.1) is 0 Å². The normalized spacial score (nSPS) is 12.9. The zero-order valence-corrected chi connectivity index (χ0v) is 11.0. The van der Waals surface area contributed by atoms with Crippen LogP contribution in [0.3, 0.4) is 0 Å². The topological polar surface area (TPSA) is 47.3 Å². The molecule has 3 nitrogen and oxygen atoms in total. The first kappa shape index (κ1) is 13.6. The summed E-state index contributed by atoms with van der Waals surface area (Å²) in [6.07, 6.45) is 3.07. The molecule has 0 amide bonds. The average Bonchev–Trinajstić information content (AvgIpc) is 2.75. The van der Waals surface area contributed by atoms with Gasteiger partial charge in [0.15, 0.2) is 0 Å². The first-order valence-corrected chi connectivity index (χ1v) is 6.73. The SMILES string of the molecule is CCOCCC(Cc1ccc(CC)s1)NN. The molecule has 3 N–H and O–H groups in total. The van der Waals surface area contributed by atoms with Crippen LogP contribution in [-0.4, -0.2) is 19.3 Å². The zero-order valence-electron chi connectivity index (χ0n) is 10.2. The number of aryl methyl sites for hydroxylation is 1. The first-order valence-electron chi connectivity index (χ1n) is 5.91. The monoisotopic (exact) mass is 242 g/mol. The summed E-state index contributed by atoms with van der Waals surface area (Å²) in [6, 6.07) is 4.72. The van der Waals surface area contributed by atoms with Crippen molar-refractivity contribution in [1.82, 2.24) is 5.43 Å². The van der Waals surface area contributed by atoms with Gasteiger partial charge in [0.25, 0.3) is 0 Å². The van der Waals surface area contributed by atoms with E-state index in [2.05, 4.69) is 24.5 Å². The van der Waals surface area contributed by atoms with Crippen LogP contribution in [0.1, 0.15) is 30.0 Å². The van der Waals surface area contributed by atoms with Crippen molar-refractivity contribution in [1.29, 1.82) is 0 Å². The van der Waals surface area contributed by atoms with Crippen molar-refractivity contribution in [3.63, 3.8) is 0 Å². The van der Waals surface area contributed by atoms with Crippen molar-refractivity contribution in [3.8, 4) is 0 Å². The Labute approximate surface area is 102 Å². The van der Waals surface area contributed by atoms with Gasteiger partial charge in [0.1, 0.15) is 0 Å². The molecule has 0 aliphatic heterocycles. The molecule has 0 saturated heterocycles. The third-order valence-electron chi connectivity index (χ3n) is 2.56. The van der Waals surface area contributed by atoms with Crippen molar-refractivity contribution in [2.24, 2.45) is 5.84 Å². The highest BCUT2D eigenvalue weighted by atomic mass is 32.1. The molecule has 4 heteroatoms. The molecule has 0 fully saturated rings. The Kier molecular flexibility index (Phi) is 6.64. The lowest BCUT2D eigenvalue weighted by atomic mass is 10.1. The molecule has 0 spiro atoms. The quantitative estimate of drug-likeness (QED) is 0.417. The molecule has 1 atom stereocenters. The number of hydrogen-bond acceptors (Lipinski definition) is 4. The number of ether oxygens (including phenoxy) is 1. The van der Waals surface area contributed by atoms with Gasteiger partial charge in [0.05, 0.1) is 0 Å². The molecule has 0 aromatic carbocycles. The Balaban J connectivity index is 2.36. The maximum atomic E-state index is 5.54. The van der Waals surface area contributed by atoms with Gasteiger partial charge in [-0.2, -0.15) is 0 Å². The summed E-state index contributed by atoms with van der Waals surface area (Å²) in [5.74, 6) is 5.54. The van der Waals surface area contributed by atoms with E-state index < -0.39 is 0 Å². The largest absolute Gasteiger partial charge is 0.382 e. The van der Waals surface area contributed by atoms with Crippen LogP contribution in [0.5, 0.6) is 0 Å². The minimum absolute atomic E-state index is 0.315. The van der Waals surface area contributed by atoms with E-state index in [4.69, 9.17) is 10.6 Å². The lowest BCUT2D eigenvalue weighted by Gasteiger charge is -2.14. The minimum Gasteiger partial charge on any atom is -0.382 e. The molecule has 16 heavy (non-hydrogen) atoms. The maximum Gasteiger partial charge on any atom is 0.0481 e. The van der Waals surface area contributed by atoms with Crippen molar-refractivity contribution in [2.75, 3.05) is 13.2 Å². The second-order valence-corrected chi connectivity index (χ2v) is 5.03. The van der Waals surface area contributed by atoms with E-state index in [1.807, 2.05) is 18.3 Å². The zero-order chi connectivity index (χ0) is 11.8. The van der Waals surface area contributed by atoms with Crippen LogP contribution in [0.15, 0.2) is 12.1 Å². The summed E-state index contributed by atoms with van der Waals surface area (Å²) in [4.78, 5) is 2.84. The van der Waals surface area contributed by atoms with Gasteiger partial charge in [0, 0.05) is 29.0 Å². The van der Waals surface area contributed by atoms with Gasteiger partial charge in [-0.25, -0.2) is 0 Å². The van der Waals surface area contributed by atoms with Crippen LogP contribution in [0.25, 0.3) is 0 Å². The van der Waals surface area contributed by atoms with E-state index in [0.29, 0.717) is 6.04 Å². The van der Waals surface area contributed by atoms with Crippen LogP contribution in [-0.2, 0) is 17.6 Å². The van der Waals surface area contributed by atoms with Gasteiger partial charge < -0.3 is 4.74 Å². The van der Waals surface area contributed by atoms with Gasteiger partial charge in [-0.05, 0) is 38.3 Å². The Hall–Kier alpha value is -0.420. The fraction of sp³-hybridized carbons (Fsp3) is 0.667. The Bertz CT molecular complexity index is 288. The number of rotatable bonds is 8. The molecule has 0 bridgehead atoms. The molecular weight excluding hydrogens is 220 g/mol. The minimum atomic E-state index is 0.315. The highest BCUT2D eigenvalue weighted by Gasteiger charge is 2.09. The summed E-state index contributed by atoms with van der Waals surface area (Å²) >= 11 is 1.88. The van der Waals surface area contributed by atoms with E-state index >= 15 is 0 Å². The first-order chi connectivity index (χ1) is 7.80. The fourth-order valence-corrected chi connectivity index (χ4v) is 2.62. The standard InChI is InChI=1S/C12H22N2OS/c1-3-11-5-6-12(16-11)9-10(14-13)7-8-15-4-2/h5-6,10,14H,3-4,7-9,13H2,1-2H3. The van der Waals surface area contributed by atoms with Gasteiger partial charge in [-0.3, -0.25) is 11.3 Å². The molecule has 0 radical (unpaired) electrons. The van der Waals surface area contributed by atoms with Gasteiger partial charge in [-0.1, -0.05) is 6.92 Å². The van der Waals surface area contributed by atoms with Crippen molar-refractivity contribution < 1.29 is 4.74 Å². The summed E-state index contributed by atoms with van der Waals surface area (Å²) in [5.41, 5.74) is 2.86. The molecule has 1 aromatic heterocycles. The maximum absolute atomic E-state index is 5.54. The lowest BCUT2D eigenvalue weighted by Crippen LogP contribution is -2.37. The third-order valence-corrected chi connectivity index (χ3v) is 3.82. The third kappa shape index (κ3) is 4.61. The van der Waals surface area contributed by atoms with Gasteiger partial charge in [0.2, 0.25) is 0 Å². The van der Waals surface area contributed by atoms with Gasteiger partial charge >= 0.3 is 0 Å². The van der Waals surface area contributed by atoms with Gasteiger partial charge in [-0.15, -0.1) is 11.3 Å². The van der Waals surface area contributed by atoms with Crippen LogP contribution < -0.4 is 11.3 Å². The Morgan fingerprint density at radius 2 is 2.12 bits per heavy atom. The number of hydrogen-bond donors (Lipinski definition) is 2. The van der Waals surface area contributed by atoms with E-state index in [1.165, 1.54) is 9.75 Å². The lowest BCUT2D eigenvalue weighted by molar-refractivity contribution is 0.136. The molecular formula is C12H22N2OS. The Morgan fingerprint density at radius 1 is 1.38 bits per heavy atom. The van der Waals surface area contributed by atoms with E-state index in [1.54, 1.807) is 0 Å². The van der Waals surface area contributed by atoms with Crippen molar-refractivity contribution >= 4 is 11.3 Å². The highest BCUT2D eigenvalue weighted by molar-refractivity contribution is 7.11. The number of nitrogens with two attached hydrogens (primary N) is 1. The number of thiophene rings is 1. The molecule has 1 unspecified atom stereocenters. The van der Waals surface area contributed by atoms with E-state index in [-0.39, 0.29) is 0 Å². The predicted molar refractivity (Wildman–Crippen MR) is 69.6 cm³/mol. The molecule has 0 saturated carbocycles. The molecule has 1 aromatic rings. The van der Waals surface area contributed by atoms with Crippen LogP contribution >= 0.6 is 11.3 Å². The molecule has 1 heterocycles.